The fraction of sp³-hybridized carbons (Fsp3) is 0.680. The molecule has 0 aliphatic rings. The highest BCUT2D eigenvalue weighted by molar-refractivity contribution is 5.33. The predicted octanol–water partition coefficient (Wildman–Crippen LogP) is 8.13. The van der Waals surface area contributed by atoms with Crippen LogP contribution in [0.2, 0.25) is 0 Å². The molecule has 0 spiro atoms. The van der Waals surface area contributed by atoms with Crippen LogP contribution in [0.15, 0.2) is 36.9 Å². The first-order chi connectivity index (χ1) is 12.8. The maximum absolute atomic E-state index is 6.09. The van der Waals surface area contributed by atoms with E-state index in [1.807, 2.05) is 6.08 Å². The van der Waals surface area contributed by atoms with Crippen LogP contribution in [0.4, 0.5) is 0 Å². The molecule has 1 nitrogen and oxygen atoms in total. The van der Waals surface area contributed by atoms with Crippen molar-refractivity contribution in [2.75, 3.05) is 6.61 Å². The number of hydrogen-bond acceptors (Lipinski definition) is 1. The molecule has 1 aromatic carbocycles. The van der Waals surface area contributed by atoms with Crippen LogP contribution >= 0.6 is 0 Å². The lowest BCUT2D eigenvalue weighted by Gasteiger charge is -2.12. The molecule has 0 heterocycles. The second kappa shape index (κ2) is 16.0. The van der Waals surface area contributed by atoms with Crippen LogP contribution in [0, 0.1) is 5.92 Å². The summed E-state index contributed by atoms with van der Waals surface area (Å²) in [5, 5.41) is 0. The Balaban J connectivity index is 2.12. The summed E-state index contributed by atoms with van der Waals surface area (Å²) in [5.41, 5.74) is 1.39. The molecular weight excluding hydrogens is 316 g/mol. The van der Waals surface area contributed by atoms with Gasteiger partial charge in [0.05, 0.1) is 6.61 Å². The smallest absolute Gasteiger partial charge is 0.122 e. The van der Waals surface area contributed by atoms with Gasteiger partial charge in [-0.1, -0.05) is 89.5 Å². The van der Waals surface area contributed by atoms with E-state index in [9.17, 15) is 0 Å². The van der Waals surface area contributed by atoms with Gasteiger partial charge in [-0.25, -0.2) is 0 Å². The number of rotatable bonds is 17. The normalized spacial score (nSPS) is 12.1. The lowest BCUT2D eigenvalue weighted by molar-refractivity contribution is 0.301. The number of hydrogen-bond donors (Lipinski definition) is 0. The van der Waals surface area contributed by atoms with E-state index in [0.29, 0.717) is 0 Å². The lowest BCUT2D eigenvalue weighted by atomic mass is 9.99. The zero-order valence-electron chi connectivity index (χ0n) is 17.5. The molecule has 0 bridgehead atoms. The zero-order chi connectivity index (χ0) is 18.9. The van der Waals surface area contributed by atoms with Gasteiger partial charge in [-0.15, -0.1) is 6.58 Å². The molecule has 1 aromatic rings. The Bertz CT molecular complexity index is 451. The van der Waals surface area contributed by atoms with E-state index in [4.69, 9.17) is 4.74 Å². The molecule has 26 heavy (non-hydrogen) atoms. The summed E-state index contributed by atoms with van der Waals surface area (Å²) in [6.07, 6.45) is 18.8. The molecule has 0 aromatic heterocycles. The minimum absolute atomic E-state index is 0.861. The second-order valence-electron chi connectivity index (χ2n) is 7.77. The molecule has 1 heteroatoms. The monoisotopic (exact) mass is 358 g/mol. The summed E-state index contributed by atoms with van der Waals surface area (Å²) in [4.78, 5) is 0. The topological polar surface area (TPSA) is 9.23 Å². The van der Waals surface area contributed by atoms with E-state index in [-0.39, 0.29) is 0 Å². The first kappa shape index (κ1) is 22.8. The molecule has 0 amide bonds. The minimum atomic E-state index is 0.861. The third kappa shape index (κ3) is 11.4. The van der Waals surface area contributed by atoms with Crippen LogP contribution in [-0.4, -0.2) is 6.61 Å². The Kier molecular flexibility index (Phi) is 14.0. The number of aryl methyl sites for hydroxylation is 1. The van der Waals surface area contributed by atoms with E-state index >= 15 is 0 Å². The third-order valence-electron chi connectivity index (χ3n) is 5.37. The highest BCUT2D eigenvalue weighted by atomic mass is 16.5. The molecule has 0 aliphatic carbocycles. The predicted molar refractivity (Wildman–Crippen MR) is 116 cm³/mol. The van der Waals surface area contributed by atoms with Crippen molar-refractivity contribution in [2.45, 2.75) is 97.3 Å². The zero-order valence-corrected chi connectivity index (χ0v) is 17.5. The molecule has 1 unspecified atom stereocenters. The quantitative estimate of drug-likeness (QED) is 0.202. The van der Waals surface area contributed by atoms with Gasteiger partial charge in [-0.3, -0.25) is 0 Å². The van der Waals surface area contributed by atoms with Crippen LogP contribution in [0.25, 0.3) is 0 Å². The molecule has 0 N–H and O–H groups in total. The molecule has 0 saturated carbocycles. The standard InChI is InChI=1S/C25H42O/c1-4-6-7-8-9-10-11-12-17-22-26-25-21-16-15-20-24(25)19-14-13-18-23(3)5-2/h4,15-16,20-21,23H,1,5-14,17-19,22H2,2-3H3. The Morgan fingerprint density at radius 1 is 0.923 bits per heavy atom. The van der Waals surface area contributed by atoms with Crippen molar-refractivity contribution in [3.63, 3.8) is 0 Å². The minimum Gasteiger partial charge on any atom is -0.493 e. The summed E-state index contributed by atoms with van der Waals surface area (Å²) in [6, 6.07) is 8.62. The molecule has 0 radical (unpaired) electrons. The number of allylic oxidation sites excluding steroid dienone is 1. The number of benzene rings is 1. The van der Waals surface area contributed by atoms with Crippen LogP contribution in [-0.2, 0) is 6.42 Å². The van der Waals surface area contributed by atoms with E-state index in [2.05, 4.69) is 44.7 Å². The van der Waals surface area contributed by atoms with Gasteiger partial charge in [0.2, 0.25) is 0 Å². The highest BCUT2D eigenvalue weighted by Crippen LogP contribution is 2.22. The molecule has 0 fully saturated rings. The van der Waals surface area contributed by atoms with Gasteiger partial charge in [0.1, 0.15) is 5.75 Å². The molecule has 148 valence electrons. The van der Waals surface area contributed by atoms with Crippen molar-refractivity contribution in [1.82, 2.24) is 0 Å². The first-order valence-electron chi connectivity index (χ1n) is 11.1. The van der Waals surface area contributed by atoms with Crippen molar-refractivity contribution in [2.24, 2.45) is 5.92 Å². The van der Waals surface area contributed by atoms with Gasteiger partial charge in [-0.2, -0.15) is 0 Å². The Labute approximate surface area is 163 Å². The van der Waals surface area contributed by atoms with Crippen molar-refractivity contribution in [3.8, 4) is 5.75 Å². The Hall–Kier alpha value is -1.24. The van der Waals surface area contributed by atoms with E-state index < -0.39 is 0 Å². The van der Waals surface area contributed by atoms with Crippen molar-refractivity contribution >= 4 is 0 Å². The maximum atomic E-state index is 6.09. The van der Waals surface area contributed by atoms with Gasteiger partial charge in [0.25, 0.3) is 0 Å². The number of unbranched alkanes of at least 4 members (excludes halogenated alkanes) is 8. The fourth-order valence-electron chi connectivity index (χ4n) is 3.32. The van der Waals surface area contributed by atoms with Crippen molar-refractivity contribution < 1.29 is 4.74 Å². The van der Waals surface area contributed by atoms with Crippen LogP contribution < -0.4 is 4.74 Å². The van der Waals surface area contributed by atoms with Crippen molar-refractivity contribution in [3.05, 3.63) is 42.5 Å². The molecule has 1 rings (SSSR count). The number of ether oxygens (including phenoxy) is 1. The fourth-order valence-corrected chi connectivity index (χ4v) is 3.32. The summed E-state index contributed by atoms with van der Waals surface area (Å²) in [6.45, 7) is 9.29. The lowest BCUT2D eigenvalue weighted by Crippen LogP contribution is -2.01. The van der Waals surface area contributed by atoms with Gasteiger partial charge in [0, 0.05) is 0 Å². The van der Waals surface area contributed by atoms with Gasteiger partial charge >= 0.3 is 0 Å². The second-order valence-corrected chi connectivity index (χ2v) is 7.77. The van der Waals surface area contributed by atoms with Crippen molar-refractivity contribution in [1.29, 1.82) is 0 Å². The van der Waals surface area contributed by atoms with E-state index in [0.717, 1.165) is 24.7 Å². The summed E-state index contributed by atoms with van der Waals surface area (Å²) in [7, 11) is 0. The SMILES string of the molecule is C=CCCCCCCCCCOc1ccccc1CCCCC(C)CC. The van der Waals surface area contributed by atoms with Crippen LogP contribution in [0.3, 0.4) is 0 Å². The first-order valence-corrected chi connectivity index (χ1v) is 11.1. The average Bonchev–Trinajstić information content (AvgIpc) is 2.67. The third-order valence-corrected chi connectivity index (χ3v) is 5.37. The van der Waals surface area contributed by atoms with E-state index in [1.54, 1.807) is 0 Å². The Morgan fingerprint density at radius 3 is 2.35 bits per heavy atom. The molecule has 0 aliphatic heterocycles. The number of para-hydroxylation sites is 1. The largest absolute Gasteiger partial charge is 0.493 e. The van der Waals surface area contributed by atoms with Gasteiger partial charge in [-0.05, 0) is 49.7 Å². The highest BCUT2D eigenvalue weighted by Gasteiger charge is 2.04. The molecular formula is C25H42O. The van der Waals surface area contributed by atoms with Gasteiger partial charge in [0.15, 0.2) is 0 Å². The van der Waals surface area contributed by atoms with Gasteiger partial charge < -0.3 is 4.74 Å². The van der Waals surface area contributed by atoms with E-state index in [1.165, 1.54) is 82.6 Å². The summed E-state index contributed by atoms with van der Waals surface area (Å²) >= 11 is 0. The average molecular weight is 359 g/mol. The Morgan fingerprint density at radius 2 is 1.62 bits per heavy atom. The van der Waals surface area contributed by atoms with Crippen LogP contribution in [0.1, 0.15) is 96.5 Å². The summed E-state index contributed by atoms with van der Waals surface area (Å²) < 4.78 is 6.09. The summed E-state index contributed by atoms with van der Waals surface area (Å²) in [5.74, 6) is 1.98. The maximum Gasteiger partial charge on any atom is 0.122 e. The molecule has 1 atom stereocenters. The molecule has 0 saturated heterocycles. The van der Waals surface area contributed by atoms with Crippen LogP contribution in [0.5, 0.6) is 5.75 Å².